The number of hydrogen-bond donors (Lipinski definition) is 0. The lowest BCUT2D eigenvalue weighted by Gasteiger charge is -2.30. The Balaban J connectivity index is 1.35. The summed E-state index contributed by atoms with van der Waals surface area (Å²) in [6, 6.07) is 9.98. The maximum absolute atomic E-state index is 12.8. The number of alkyl halides is 2. The van der Waals surface area contributed by atoms with Crippen LogP contribution in [-0.4, -0.2) is 15.4 Å². The van der Waals surface area contributed by atoms with E-state index in [2.05, 4.69) is 6.92 Å². The summed E-state index contributed by atoms with van der Waals surface area (Å²) in [5, 5.41) is 0.448. The van der Waals surface area contributed by atoms with Gasteiger partial charge in [-0.2, -0.15) is 8.78 Å². The van der Waals surface area contributed by atoms with Crippen LogP contribution in [0.4, 0.5) is 8.78 Å². The van der Waals surface area contributed by atoms with Crippen LogP contribution in [0.1, 0.15) is 89.0 Å². The molecule has 1 nitrogen and oxygen atoms in total. The van der Waals surface area contributed by atoms with Crippen molar-refractivity contribution in [2.75, 3.05) is 0 Å². The minimum atomic E-state index is -2.80. The van der Waals surface area contributed by atoms with E-state index >= 15 is 0 Å². The molecule has 0 atom stereocenters. The third-order valence-corrected chi connectivity index (χ3v) is 11.5. The third-order valence-electron chi connectivity index (χ3n) is 7.62. The lowest BCUT2D eigenvalue weighted by Crippen LogP contribution is -2.21. The Kier molecular flexibility index (Phi) is 9.96. The third kappa shape index (κ3) is 7.51. The average molecular weight is 457 g/mol. The molecule has 3 rings (SSSR count). The molecule has 0 spiro atoms. The fourth-order valence-corrected chi connectivity index (χ4v) is 9.62. The number of ether oxygens (including phenoxy) is 1. The predicted molar refractivity (Wildman–Crippen MR) is 126 cm³/mol. The Morgan fingerprint density at radius 3 is 2.23 bits per heavy atom. The molecule has 1 saturated carbocycles. The van der Waals surface area contributed by atoms with E-state index < -0.39 is 6.61 Å². The SMILES string of the molecule is CCC[SiH]1CCC(CCCC[C@H]2CC[C@H](c3ccc(Cl)cc3OC(F)F)CC2)CC1. The molecule has 2 aliphatic rings. The highest BCUT2D eigenvalue weighted by molar-refractivity contribution is 6.58. The fourth-order valence-electron chi connectivity index (χ4n) is 5.89. The summed E-state index contributed by atoms with van der Waals surface area (Å²) in [6.45, 7) is -0.458. The van der Waals surface area contributed by atoms with Gasteiger partial charge in [-0.25, -0.2) is 0 Å². The molecular weight excluding hydrogens is 418 g/mol. The zero-order valence-corrected chi connectivity index (χ0v) is 20.5. The first-order chi connectivity index (χ1) is 14.5. The van der Waals surface area contributed by atoms with Crippen molar-refractivity contribution >= 4 is 20.4 Å². The van der Waals surface area contributed by atoms with Gasteiger partial charge in [-0.05, 0) is 61.1 Å². The second kappa shape index (κ2) is 12.4. The van der Waals surface area contributed by atoms with Gasteiger partial charge in [0, 0.05) is 13.8 Å². The van der Waals surface area contributed by atoms with Gasteiger partial charge < -0.3 is 4.74 Å². The number of halogens is 3. The molecule has 1 aromatic carbocycles. The molecule has 2 fully saturated rings. The zero-order valence-electron chi connectivity index (χ0n) is 18.6. The van der Waals surface area contributed by atoms with Crippen LogP contribution in [0.5, 0.6) is 5.75 Å². The smallest absolute Gasteiger partial charge is 0.387 e. The molecule has 1 saturated heterocycles. The van der Waals surface area contributed by atoms with E-state index in [0.717, 1.165) is 30.2 Å². The maximum Gasteiger partial charge on any atom is 0.387 e. The van der Waals surface area contributed by atoms with E-state index in [-0.39, 0.29) is 14.5 Å². The van der Waals surface area contributed by atoms with Crippen LogP contribution in [0.3, 0.4) is 0 Å². The molecule has 1 heterocycles. The van der Waals surface area contributed by atoms with E-state index in [1.807, 2.05) is 6.07 Å². The quantitative estimate of drug-likeness (QED) is 0.252. The van der Waals surface area contributed by atoms with Gasteiger partial charge in [-0.3, -0.25) is 0 Å². The number of rotatable bonds is 10. The first kappa shape index (κ1) is 24.0. The van der Waals surface area contributed by atoms with Crippen LogP contribution in [0.25, 0.3) is 0 Å². The highest BCUT2D eigenvalue weighted by atomic mass is 35.5. The molecule has 5 heteroatoms. The molecule has 1 aromatic rings. The molecule has 0 amide bonds. The van der Waals surface area contributed by atoms with E-state index in [4.69, 9.17) is 16.3 Å². The highest BCUT2D eigenvalue weighted by Crippen LogP contribution is 2.42. The molecule has 0 unspecified atom stereocenters. The molecular formula is C25H39ClF2OSi. The second-order valence-corrected chi connectivity index (χ2v) is 13.6. The zero-order chi connectivity index (χ0) is 21.3. The molecule has 0 bridgehead atoms. The van der Waals surface area contributed by atoms with Gasteiger partial charge >= 0.3 is 6.61 Å². The summed E-state index contributed by atoms with van der Waals surface area (Å²) < 4.78 is 30.3. The van der Waals surface area contributed by atoms with Crippen molar-refractivity contribution in [2.45, 2.75) is 108 Å². The Morgan fingerprint density at radius 2 is 1.63 bits per heavy atom. The summed E-state index contributed by atoms with van der Waals surface area (Å²) in [5.74, 6) is 2.40. The van der Waals surface area contributed by atoms with E-state index in [1.54, 1.807) is 24.2 Å². The Labute approximate surface area is 188 Å². The summed E-state index contributed by atoms with van der Waals surface area (Å²) in [4.78, 5) is 0. The first-order valence-corrected chi connectivity index (χ1v) is 15.1. The molecule has 0 radical (unpaired) electrons. The van der Waals surface area contributed by atoms with E-state index in [9.17, 15) is 8.78 Å². The number of benzene rings is 1. The average Bonchev–Trinajstić information content (AvgIpc) is 2.73. The summed E-state index contributed by atoms with van der Waals surface area (Å²) >= 11 is 5.99. The van der Waals surface area contributed by atoms with E-state index in [1.165, 1.54) is 63.9 Å². The van der Waals surface area contributed by atoms with Crippen LogP contribution in [0.2, 0.25) is 23.2 Å². The van der Waals surface area contributed by atoms with Gasteiger partial charge in [-0.15, -0.1) is 0 Å². The first-order valence-electron chi connectivity index (χ1n) is 12.3. The number of hydrogen-bond acceptors (Lipinski definition) is 1. The van der Waals surface area contributed by atoms with Gasteiger partial charge in [0.2, 0.25) is 0 Å². The molecule has 1 aliphatic carbocycles. The van der Waals surface area contributed by atoms with Gasteiger partial charge in [-0.1, -0.05) is 87.7 Å². The van der Waals surface area contributed by atoms with Crippen molar-refractivity contribution in [3.05, 3.63) is 28.8 Å². The Hall–Kier alpha value is -0.613. The topological polar surface area (TPSA) is 9.23 Å². The highest BCUT2D eigenvalue weighted by Gasteiger charge is 2.26. The molecule has 0 aromatic heterocycles. The van der Waals surface area contributed by atoms with Gasteiger partial charge in [0.05, 0.1) is 0 Å². The minimum absolute atomic E-state index is 0.262. The van der Waals surface area contributed by atoms with Crippen LogP contribution >= 0.6 is 11.6 Å². The van der Waals surface area contributed by atoms with Crippen molar-refractivity contribution in [3.8, 4) is 5.75 Å². The van der Waals surface area contributed by atoms with Gasteiger partial charge in [0.1, 0.15) is 5.75 Å². The van der Waals surface area contributed by atoms with Crippen molar-refractivity contribution in [1.82, 2.24) is 0 Å². The van der Waals surface area contributed by atoms with Crippen molar-refractivity contribution < 1.29 is 13.5 Å². The van der Waals surface area contributed by atoms with Gasteiger partial charge in [0.15, 0.2) is 0 Å². The monoisotopic (exact) mass is 456 g/mol. The van der Waals surface area contributed by atoms with Crippen molar-refractivity contribution in [1.29, 1.82) is 0 Å². The van der Waals surface area contributed by atoms with Crippen LogP contribution in [0.15, 0.2) is 18.2 Å². The van der Waals surface area contributed by atoms with Crippen LogP contribution in [-0.2, 0) is 0 Å². The van der Waals surface area contributed by atoms with Crippen molar-refractivity contribution in [2.24, 2.45) is 11.8 Å². The van der Waals surface area contributed by atoms with Crippen LogP contribution < -0.4 is 4.74 Å². The maximum atomic E-state index is 12.8. The van der Waals surface area contributed by atoms with Crippen LogP contribution in [0, 0.1) is 11.8 Å². The molecule has 1 aliphatic heterocycles. The van der Waals surface area contributed by atoms with Gasteiger partial charge in [0.25, 0.3) is 0 Å². The molecule has 170 valence electrons. The lowest BCUT2D eigenvalue weighted by molar-refractivity contribution is -0.0507. The molecule has 0 N–H and O–H groups in total. The largest absolute Gasteiger partial charge is 0.434 e. The Bertz CT molecular complexity index is 626. The summed E-state index contributed by atoms with van der Waals surface area (Å²) in [5.41, 5.74) is 0.903. The molecule has 30 heavy (non-hydrogen) atoms. The van der Waals surface area contributed by atoms with Crippen molar-refractivity contribution in [3.63, 3.8) is 0 Å². The fraction of sp³-hybridized carbons (Fsp3) is 0.760. The summed E-state index contributed by atoms with van der Waals surface area (Å²) in [6.07, 6.45) is 14.5. The second-order valence-electron chi connectivity index (χ2n) is 9.74. The normalized spacial score (nSPS) is 27.4. The number of unbranched alkanes of at least 4 members (excludes halogenated alkanes) is 1. The standard InChI is InChI=1S/C25H39ClF2OSi/c1-2-15-30-16-13-20(14-17-30)6-4-3-5-19-7-9-21(10-8-19)23-12-11-22(26)18-24(23)29-25(27)28/h11-12,18-21,25,30H,2-10,13-17H2,1H3/t19-,20?,21-,30?. The van der Waals surface area contributed by atoms with E-state index in [0.29, 0.717) is 10.9 Å². The predicted octanol–water partition coefficient (Wildman–Crippen LogP) is 8.82. The summed E-state index contributed by atoms with van der Waals surface area (Å²) in [7, 11) is -0.334. The minimum Gasteiger partial charge on any atom is -0.434 e. The Morgan fingerprint density at radius 1 is 1.00 bits per heavy atom. The lowest BCUT2D eigenvalue weighted by atomic mass is 9.76.